The number of alkyl halides is 1. The molecule has 0 aliphatic heterocycles. The molecule has 0 radical (unpaired) electrons. The molecule has 0 bridgehead atoms. The first-order valence-corrected chi connectivity index (χ1v) is 5.80. The Bertz CT molecular complexity index is 387. The molecule has 1 atom stereocenters. The molecule has 0 saturated heterocycles. The van der Waals surface area contributed by atoms with Gasteiger partial charge in [-0.25, -0.2) is 0 Å². The van der Waals surface area contributed by atoms with Gasteiger partial charge in [0, 0.05) is 18.3 Å². The summed E-state index contributed by atoms with van der Waals surface area (Å²) in [6, 6.07) is 0. The lowest BCUT2D eigenvalue weighted by molar-refractivity contribution is -0.390. The first-order valence-electron chi connectivity index (χ1n) is 4.88. The molecule has 1 heterocycles. The predicted octanol–water partition coefficient (Wildman–Crippen LogP) is 2.04. The zero-order valence-electron chi connectivity index (χ0n) is 8.39. The van der Waals surface area contributed by atoms with E-state index in [1.165, 1.54) is 19.2 Å². The third kappa shape index (κ3) is 2.19. The summed E-state index contributed by atoms with van der Waals surface area (Å²) < 4.78 is 1.73. The summed E-state index contributed by atoms with van der Waals surface area (Å²) in [5, 5.41) is 10.7. The maximum Gasteiger partial charge on any atom is 0.384 e. The fraction of sp³-hybridized carbons (Fsp3) is 0.667. The number of nitro groups is 1. The summed E-state index contributed by atoms with van der Waals surface area (Å²) in [6.07, 6.45) is 4.63. The van der Waals surface area contributed by atoms with Crippen LogP contribution in [0, 0.1) is 16.0 Å². The van der Waals surface area contributed by atoms with Crippen molar-refractivity contribution in [1.82, 2.24) is 9.55 Å². The van der Waals surface area contributed by atoms with E-state index in [0.717, 1.165) is 0 Å². The second-order valence-corrected chi connectivity index (χ2v) is 5.12. The van der Waals surface area contributed by atoms with Crippen LogP contribution in [0.3, 0.4) is 0 Å². The number of halogens is 1. The molecule has 5 nitrogen and oxygen atoms in total. The largest absolute Gasteiger partial charge is 0.384 e. The van der Waals surface area contributed by atoms with E-state index in [4.69, 9.17) is 0 Å². The van der Waals surface area contributed by atoms with Crippen LogP contribution in [0.15, 0.2) is 6.33 Å². The van der Waals surface area contributed by atoms with Gasteiger partial charge in [0.2, 0.25) is 6.33 Å². The number of imidazole rings is 1. The lowest BCUT2D eigenvalue weighted by Gasteiger charge is -2.07. The molecule has 1 fully saturated rings. The lowest BCUT2D eigenvalue weighted by atomic mass is 10.2. The summed E-state index contributed by atoms with van der Waals surface area (Å²) in [5.41, 5.74) is 0.703. The van der Waals surface area contributed by atoms with Gasteiger partial charge in [-0.1, -0.05) is 15.9 Å². The standard InChI is InChI=1S/C9H12BrN3O2/c1-12-5-11-9(13(14)15)8(12)4-7(10)6-2-3-6/h5-7H,2-4H2,1H3. The first kappa shape index (κ1) is 10.6. The van der Waals surface area contributed by atoms with Crippen molar-refractivity contribution in [3.8, 4) is 0 Å². The average Bonchev–Trinajstić information content (AvgIpc) is 2.94. The number of nitrogens with zero attached hydrogens (tertiary/aromatic N) is 3. The van der Waals surface area contributed by atoms with Gasteiger partial charge in [-0.3, -0.25) is 0 Å². The van der Waals surface area contributed by atoms with E-state index in [9.17, 15) is 10.1 Å². The van der Waals surface area contributed by atoms with Crippen LogP contribution in [0.5, 0.6) is 0 Å². The Kier molecular flexibility index (Phi) is 2.77. The van der Waals surface area contributed by atoms with Gasteiger partial charge in [0.05, 0.1) is 0 Å². The van der Waals surface area contributed by atoms with Gasteiger partial charge in [0.15, 0.2) is 0 Å². The molecule has 1 aromatic heterocycles. The fourth-order valence-corrected chi connectivity index (χ4v) is 2.48. The number of rotatable bonds is 4. The summed E-state index contributed by atoms with van der Waals surface area (Å²) in [7, 11) is 1.79. The minimum atomic E-state index is -0.415. The molecule has 1 saturated carbocycles. The van der Waals surface area contributed by atoms with Gasteiger partial charge >= 0.3 is 5.82 Å². The molecule has 1 aromatic rings. The van der Waals surface area contributed by atoms with Crippen molar-refractivity contribution in [1.29, 1.82) is 0 Å². The van der Waals surface area contributed by atoms with Crippen molar-refractivity contribution in [2.45, 2.75) is 24.1 Å². The van der Waals surface area contributed by atoms with Crippen LogP contribution in [-0.2, 0) is 13.5 Å². The second kappa shape index (κ2) is 3.92. The van der Waals surface area contributed by atoms with E-state index >= 15 is 0 Å². The Morgan fingerprint density at radius 2 is 2.47 bits per heavy atom. The van der Waals surface area contributed by atoms with E-state index in [1.54, 1.807) is 11.6 Å². The summed E-state index contributed by atoms with van der Waals surface area (Å²) >= 11 is 3.58. The summed E-state index contributed by atoms with van der Waals surface area (Å²) in [6.45, 7) is 0. The minimum Gasteiger partial charge on any atom is -0.358 e. The third-order valence-corrected chi connectivity index (χ3v) is 3.80. The molecule has 82 valence electrons. The van der Waals surface area contributed by atoms with Crippen LogP contribution in [0.1, 0.15) is 18.5 Å². The van der Waals surface area contributed by atoms with Crippen LogP contribution in [0.4, 0.5) is 5.82 Å². The highest BCUT2D eigenvalue weighted by atomic mass is 79.9. The number of aryl methyl sites for hydroxylation is 1. The Morgan fingerprint density at radius 3 is 3.00 bits per heavy atom. The van der Waals surface area contributed by atoms with Crippen LogP contribution in [0.2, 0.25) is 0 Å². The molecule has 15 heavy (non-hydrogen) atoms. The third-order valence-electron chi connectivity index (χ3n) is 2.73. The van der Waals surface area contributed by atoms with E-state index in [1.807, 2.05) is 0 Å². The van der Waals surface area contributed by atoms with Gasteiger partial charge in [-0.2, -0.15) is 0 Å². The molecule has 1 aliphatic rings. The first-order chi connectivity index (χ1) is 7.09. The van der Waals surface area contributed by atoms with Crippen molar-refractivity contribution < 1.29 is 4.92 Å². The molecule has 0 amide bonds. The van der Waals surface area contributed by atoms with Crippen molar-refractivity contribution in [2.75, 3.05) is 0 Å². The number of hydrogen-bond acceptors (Lipinski definition) is 3. The molecule has 6 heteroatoms. The number of aromatic nitrogens is 2. The van der Waals surface area contributed by atoms with Crippen LogP contribution in [-0.4, -0.2) is 19.3 Å². The van der Waals surface area contributed by atoms with Crippen molar-refractivity contribution in [3.63, 3.8) is 0 Å². The van der Waals surface area contributed by atoms with Crippen molar-refractivity contribution in [3.05, 3.63) is 22.1 Å². The van der Waals surface area contributed by atoms with Gasteiger partial charge in [0.25, 0.3) is 0 Å². The van der Waals surface area contributed by atoms with Crippen LogP contribution >= 0.6 is 15.9 Å². The molecular formula is C9H12BrN3O2. The van der Waals surface area contributed by atoms with Gasteiger partial charge in [-0.15, -0.1) is 0 Å². The minimum absolute atomic E-state index is 0.0115. The highest BCUT2D eigenvalue weighted by Gasteiger charge is 2.32. The van der Waals surface area contributed by atoms with E-state index in [-0.39, 0.29) is 5.82 Å². The highest BCUT2D eigenvalue weighted by molar-refractivity contribution is 9.09. The zero-order chi connectivity index (χ0) is 11.0. The summed E-state index contributed by atoms with van der Waals surface area (Å²) in [5.74, 6) is 0.669. The highest BCUT2D eigenvalue weighted by Crippen LogP contribution is 2.38. The Hall–Kier alpha value is -0.910. The van der Waals surface area contributed by atoms with Gasteiger partial charge in [0.1, 0.15) is 5.69 Å². The van der Waals surface area contributed by atoms with Crippen molar-refractivity contribution >= 4 is 21.7 Å². The summed E-state index contributed by atoms with van der Waals surface area (Å²) in [4.78, 5) is 14.4. The topological polar surface area (TPSA) is 61.0 Å². The Balaban J connectivity index is 2.17. The average molecular weight is 274 g/mol. The zero-order valence-corrected chi connectivity index (χ0v) is 9.98. The van der Waals surface area contributed by atoms with Crippen molar-refractivity contribution in [2.24, 2.45) is 13.0 Å². The lowest BCUT2D eigenvalue weighted by Crippen LogP contribution is -2.10. The molecule has 0 aromatic carbocycles. The van der Waals surface area contributed by atoms with Gasteiger partial charge in [-0.05, 0) is 28.7 Å². The van der Waals surface area contributed by atoms with Crippen LogP contribution < -0.4 is 0 Å². The molecular weight excluding hydrogens is 262 g/mol. The molecule has 0 spiro atoms. The maximum absolute atomic E-state index is 10.7. The normalized spacial score (nSPS) is 17.7. The Morgan fingerprint density at radius 1 is 1.80 bits per heavy atom. The molecule has 2 rings (SSSR count). The van der Waals surface area contributed by atoms with E-state index < -0.39 is 4.92 Å². The number of hydrogen-bond donors (Lipinski definition) is 0. The molecule has 1 aliphatic carbocycles. The second-order valence-electron chi connectivity index (χ2n) is 3.94. The molecule has 1 unspecified atom stereocenters. The van der Waals surface area contributed by atoms with E-state index in [0.29, 0.717) is 22.9 Å². The van der Waals surface area contributed by atoms with Crippen LogP contribution in [0.25, 0.3) is 0 Å². The maximum atomic E-state index is 10.7. The van der Waals surface area contributed by atoms with E-state index in [2.05, 4.69) is 20.9 Å². The quantitative estimate of drug-likeness (QED) is 0.479. The molecule has 0 N–H and O–H groups in total. The predicted molar refractivity (Wildman–Crippen MR) is 59.0 cm³/mol. The van der Waals surface area contributed by atoms with Gasteiger partial charge < -0.3 is 14.7 Å². The Labute approximate surface area is 95.8 Å². The SMILES string of the molecule is Cn1cnc([N+](=O)[O-])c1CC(Br)C1CC1. The smallest absolute Gasteiger partial charge is 0.358 e. The fourth-order valence-electron chi connectivity index (χ4n) is 1.64. The monoisotopic (exact) mass is 273 g/mol.